The number of anilines is 1. The van der Waals surface area contributed by atoms with Crippen molar-refractivity contribution in [2.45, 2.75) is 31.7 Å². The molecule has 2 N–H and O–H groups in total. The molecule has 1 aliphatic carbocycles. The molecule has 0 radical (unpaired) electrons. The second-order valence-electron chi connectivity index (χ2n) is 4.41. The molecule has 1 saturated carbocycles. The number of fused-ring (bicyclic) bond motifs is 1. The van der Waals surface area contributed by atoms with Gasteiger partial charge >= 0.3 is 0 Å². The minimum absolute atomic E-state index is 0.503. The van der Waals surface area contributed by atoms with Gasteiger partial charge in [0.2, 0.25) is 5.95 Å². The molecule has 16 heavy (non-hydrogen) atoms. The fourth-order valence-electron chi connectivity index (χ4n) is 2.63. The lowest BCUT2D eigenvalue weighted by Gasteiger charge is -2.14. The van der Waals surface area contributed by atoms with E-state index in [2.05, 4.69) is 9.55 Å². The van der Waals surface area contributed by atoms with Gasteiger partial charge in [-0.2, -0.15) is 0 Å². The van der Waals surface area contributed by atoms with Gasteiger partial charge in [-0.05, 0) is 31.0 Å². The summed E-state index contributed by atoms with van der Waals surface area (Å²) in [5.74, 6) is 0.615. The summed E-state index contributed by atoms with van der Waals surface area (Å²) < 4.78 is 2.15. The van der Waals surface area contributed by atoms with Crippen molar-refractivity contribution in [2.75, 3.05) is 5.73 Å². The van der Waals surface area contributed by atoms with Crippen LogP contribution in [0.2, 0.25) is 5.02 Å². The number of imidazole rings is 1. The van der Waals surface area contributed by atoms with E-state index >= 15 is 0 Å². The Hall–Kier alpha value is -1.22. The highest BCUT2D eigenvalue weighted by Crippen LogP contribution is 2.35. The first-order valence-corrected chi connectivity index (χ1v) is 6.06. The van der Waals surface area contributed by atoms with Crippen LogP contribution in [0.1, 0.15) is 31.7 Å². The Morgan fingerprint density at radius 2 is 2.06 bits per heavy atom. The third kappa shape index (κ3) is 1.47. The number of halogens is 1. The number of nitrogens with zero attached hydrogens (tertiary/aromatic N) is 2. The van der Waals surface area contributed by atoms with E-state index in [9.17, 15) is 0 Å². The average molecular weight is 236 g/mol. The van der Waals surface area contributed by atoms with Crippen molar-refractivity contribution in [1.29, 1.82) is 0 Å². The predicted octanol–water partition coefficient (Wildman–Crippen LogP) is 3.39. The highest BCUT2D eigenvalue weighted by atomic mass is 35.5. The van der Waals surface area contributed by atoms with Gasteiger partial charge in [0.15, 0.2) is 0 Å². The molecule has 0 aliphatic heterocycles. The molecule has 1 heterocycles. The van der Waals surface area contributed by atoms with Gasteiger partial charge in [0.05, 0.1) is 11.0 Å². The maximum atomic E-state index is 6.02. The second-order valence-corrected chi connectivity index (χ2v) is 4.85. The van der Waals surface area contributed by atoms with Gasteiger partial charge in [0.1, 0.15) is 0 Å². The van der Waals surface area contributed by atoms with E-state index in [1.54, 1.807) is 0 Å². The van der Waals surface area contributed by atoms with Crippen molar-refractivity contribution in [1.82, 2.24) is 9.55 Å². The minimum Gasteiger partial charge on any atom is -0.369 e. The van der Waals surface area contributed by atoms with Crippen LogP contribution in [-0.2, 0) is 0 Å². The predicted molar refractivity (Wildman–Crippen MR) is 66.7 cm³/mol. The third-order valence-electron chi connectivity index (χ3n) is 3.37. The Kier molecular flexibility index (Phi) is 2.28. The molecule has 1 aromatic heterocycles. The van der Waals surface area contributed by atoms with Gasteiger partial charge in [-0.15, -0.1) is 0 Å². The molecule has 0 bridgehead atoms. The molecule has 3 rings (SSSR count). The molecule has 0 saturated heterocycles. The number of hydrogen-bond donors (Lipinski definition) is 1. The van der Waals surface area contributed by atoms with Crippen LogP contribution in [-0.4, -0.2) is 9.55 Å². The molecule has 84 valence electrons. The summed E-state index contributed by atoms with van der Waals surface area (Å²) in [6, 6.07) is 6.25. The van der Waals surface area contributed by atoms with Crippen LogP contribution in [0.15, 0.2) is 18.2 Å². The Morgan fingerprint density at radius 1 is 1.31 bits per heavy atom. The number of benzene rings is 1. The number of hydrogen-bond acceptors (Lipinski definition) is 2. The topological polar surface area (TPSA) is 43.8 Å². The van der Waals surface area contributed by atoms with Crippen LogP contribution in [0.5, 0.6) is 0 Å². The van der Waals surface area contributed by atoms with Crippen molar-refractivity contribution in [3.05, 3.63) is 23.2 Å². The van der Waals surface area contributed by atoms with Crippen molar-refractivity contribution < 1.29 is 0 Å². The zero-order valence-electron chi connectivity index (χ0n) is 8.99. The number of nitrogens with two attached hydrogens (primary N) is 1. The number of rotatable bonds is 1. The summed E-state index contributed by atoms with van der Waals surface area (Å²) in [6.07, 6.45) is 4.96. The van der Waals surface area contributed by atoms with Crippen molar-refractivity contribution in [3.8, 4) is 0 Å². The van der Waals surface area contributed by atoms with E-state index in [-0.39, 0.29) is 0 Å². The summed E-state index contributed by atoms with van der Waals surface area (Å²) in [4.78, 5) is 4.38. The van der Waals surface area contributed by atoms with Crippen molar-refractivity contribution >= 4 is 28.6 Å². The lowest BCUT2D eigenvalue weighted by atomic mass is 10.2. The molecule has 4 heteroatoms. The lowest BCUT2D eigenvalue weighted by molar-refractivity contribution is 0.539. The van der Waals surface area contributed by atoms with Crippen LogP contribution in [0.4, 0.5) is 5.95 Å². The summed E-state index contributed by atoms with van der Waals surface area (Å²) in [5.41, 5.74) is 8.00. The summed E-state index contributed by atoms with van der Waals surface area (Å²) >= 11 is 6.02. The van der Waals surface area contributed by atoms with Gasteiger partial charge in [-0.1, -0.05) is 24.4 Å². The van der Waals surface area contributed by atoms with Gasteiger partial charge in [0, 0.05) is 11.1 Å². The fourth-order valence-corrected chi connectivity index (χ4v) is 2.80. The van der Waals surface area contributed by atoms with E-state index in [0.29, 0.717) is 12.0 Å². The Morgan fingerprint density at radius 3 is 2.81 bits per heavy atom. The molecular formula is C12H14ClN3. The second kappa shape index (κ2) is 3.67. The van der Waals surface area contributed by atoms with Gasteiger partial charge in [-0.3, -0.25) is 0 Å². The molecule has 2 aromatic rings. The maximum Gasteiger partial charge on any atom is 0.201 e. The molecule has 1 fully saturated rings. The van der Waals surface area contributed by atoms with Crippen LogP contribution in [0, 0.1) is 0 Å². The van der Waals surface area contributed by atoms with E-state index in [1.807, 2.05) is 18.2 Å². The molecule has 0 spiro atoms. The van der Waals surface area contributed by atoms with Gasteiger partial charge in [-0.25, -0.2) is 4.98 Å². The smallest absolute Gasteiger partial charge is 0.201 e. The van der Waals surface area contributed by atoms with Crippen LogP contribution >= 0.6 is 11.6 Å². The first-order chi connectivity index (χ1) is 7.75. The van der Waals surface area contributed by atoms with Gasteiger partial charge < -0.3 is 10.3 Å². The number of nitrogen functional groups attached to an aromatic ring is 1. The molecular weight excluding hydrogens is 222 g/mol. The highest BCUT2D eigenvalue weighted by molar-refractivity contribution is 6.31. The molecule has 1 aliphatic rings. The third-order valence-corrected chi connectivity index (χ3v) is 3.60. The fraction of sp³-hybridized carbons (Fsp3) is 0.417. The Balaban J connectivity index is 2.20. The van der Waals surface area contributed by atoms with E-state index < -0.39 is 0 Å². The van der Waals surface area contributed by atoms with Crippen LogP contribution in [0.3, 0.4) is 0 Å². The Bertz CT molecular complexity index is 526. The van der Waals surface area contributed by atoms with Crippen LogP contribution < -0.4 is 5.73 Å². The summed E-state index contributed by atoms with van der Waals surface area (Å²) in [5, 5.41) is 0.742. The normalized spacial score (nSPS) is 17.3. The zero-order valence-corrected chi connectivity index (χ0v) is 9.74. The molecule has 3 nitrogen and oxygen atoms in total. The SMILES string of the molecule is Nc1nc2ccc(Cl)cc2n1C1CCCC1. The van der Waals surface area contributed by atoms with Crippen molar-refractivity contribution in [3.63, 3.8) is 0 Å². The molecule has 0 amide bonds. The average Bonchev–Trinajstić information content (AvgIpc) is 2.83. The van der Waals surface area contributed by atoms with E-state index in [0.717, 1.165) is 16.1 Å². The first-order valence-electron chi connectivity index (χ1n) is 5.68. The molecule has 0 unspecified atom stereocenters. The molecule has 0 atom stereocenters. The standard InChI is InChI=1S/C12H14ClN3/c13-8-5-6-10-11(7-8)16(12(14)15-10)9-3-1-2-4-9/h5-7,9H,1-4H2,(H2,14,15). The van der Waals surface area contributed by atoms with Gasteiger partial charge in [0.25, 0.3) is 0 Å². The monoisotopic (exact) mass is 235 g/mol. The minimum atomic E-state index is 0.503. The quantitative estimate of drug-likeness (QED) is 0.824. The van der Waals surface area contributed by atoms with Crippen molar-refractivity contribution in [2.24, 2.45) is 0 Å². The van der Waals surface area contributed by atoms with E-state index in [4.69, 9.17) is 17.3 Å². The number of aromatic nitrogens is 2. The Labute approximate surface area is 99.2 Å². The summed E-state index contributed by atoms with van der Waals surface area (Å²) in [7, 11) is 0. The lowest BCUT2D eigenvalue weighted by Crippen LogP contribution is -2.08. The largest absolute Gasteiger partial charge is 0.369 e. The highest BCUT2D eigenvalue weighted by Gasteiger charge is 2.21. The molecule has 1 aromatic carbocycles. The first kappa shape index (κ1) is 9.97. The summed E-state index contributed by atoms with van der Waals surface area (Å²) in [6.45, 7) is 0. The van der Waals surface area contributed by atoms with E-state index in [1.165, 1.54) is 25.7 Å². The maximum absolute atomic E-state index is 6.02. The zero-order chi connectivity index (χ0) is 11.1. The van der Waals surface area contributed by atoms with Crippen LogP contribution in [0.25, 0.3) is 11.0 Å².